The van der Waals surface area contributed by atoms with Crippen molar-refractivity contribution in [3.63, 3.8) is 0 Å². The minimum absolute atomic E-state index is 0.198. The molecule has 182 valence electrons. The summed E-state index contributed by atoms with van der Waals surface area (Å²) in [5, 5.41) is 47.3. The van der Waals surface area contributed by atoms with Crippen molar-refractivity contribution >= 4 is 5.97 Å². The third-order valence-corrected chi connectivity index (χ3v) is 4.33. The van der Waals surface area contributed by atoms with E-state index in [2.05, 4.69) is 0 Å². The normalized spacial score (nSPS) is 16.6. The number of unbranched alkanes of at least 4 members (excludes halogenated alkanes) is 2. The lowest BCUT2D eigenvalue weighted by molar-refractivity contribution is -0.147. The molecule has 4 atom stereocenters. The van der Waals surface area contributed by atoms with Crippen molar-refractivity contribution in [3.05, 3.63) is 60.8 Å². The van der Waals surface area contributed by atoms with Gasteiger partial charge in [0, 0.05) is 12.8 Å². The van der Waals surface area contributed by atoms with Crippen LogP contribution < -0.4 is 0 Å². The van der Waals surface area contributed by atoms with Crippen LogP contribution >= 0.6 is 0 Å². The summed E-state index contributed by atoms with van der Waals surface area (Å²) in [6.45, 7) is 1.39. The maximum absolute atomic E-state index is 11.4. The number of carbonyl (C=O) groups is 1. The number of rotatable bonds is 18. The van der Waals surface area contributed by atoms with Crippen LogP contribution in [0.2, 0.25) is 0 Å². The van der Waals surface area contributed by atoms with Crippen molar-refractivity contribution in [1.82, 2.24) is 0 Å². The van der Waals surface area contributed by atoms with Gasteiger partial charge in [-0.1, -0.05) is 80.5 Å². The van der Waals surface area contributed by atoms with E-state index in [1.807, 2.05) is 19.1 Å². The Morgan fingerprint density at radius 2 is 1.41 bits per heavy atom. The van der Waals surface area contributed by atoms with Gasteiger partial charge in [-0.05, 0) is 19.3 Å². The van der Waals surface area contributed by atoms with Crippen molar-refractivity contribution in [2.45, 2.75) is 76.3 Å². The van der Waals surface area contributed by atoms with Gasteiger partial charge in [0.15, 0.2) is 0 Å². The zero-order valence-electron chi connectivity index (χ0n) is 19.0. The van der Waals surface area contributed by atoms with E-state index in [0.29, 0.717) is 12.8 Å². The Morgan fingerprint density at radius 1 is 0.812 bits per heavy atom. The van der Waals surface area contributed by atoms with Gasteiger partial charge in [-0.25, -0.2) is 0 Å². The van der Waals surface area contributed by atoms with Crippen LogP contribution in [-0.2, 0) is 9.53 Å². The van der Waals surface area contributed by atoms with Gasteiger partial charge in [0.05, 0.1) is 24.9 Å². The molecule has 0 saturated heterocycles. The maximum Gasteiger partial charge on any atom is 0.305 e. The molecule has 5 N–H and O–H groups in total. The van der Waals surface area contributed by atoms with E-state index in [1.165, 1.54) is 0 Å². The molecule has 0 saturated carbocycles. The van der Waals surface area contributed by atoms with Crippen LogP contribution in [0.25, 0.3) is 0 Å². The quantitative estimate of drug-likeness (QED) is 0.123. The number of aliphatic hydroxyl groups is 5. The van der Waals surface area contributed by atoms with Crippen molar-refractivity contribution in [1.29, 1.82) is 0 Å². The highest BCUT2D eigenvalue weighted by molar-refractivity contribution is 5.69. The zero-order valence-corrected chi connectivity index (χ0v) is 19.0. The fraction of sp³-hybridized carbons (Fsp3) is 0.560. The SMILES string of the molecule is CC/C=C\C=C\C(O)CC(O)\C=C/C=C\C=C\C(O)CCCCCC(=O)OCC(O)CO. The van der Waals surface area contributed by atoms with Crippen LogP contribution in [0.1, 0.15) is 51.9 Å². The van der Waals surface area contributed by atoms with E-state index >= 15 is 0 Å². The van der Waals surface area contributed by atoms with Crippen molar-refractivity contribution < 1.29 is 35.1 Å². The molecule has 0 amide bonds. The Morgan fingerprint density at radius 3 is 2.00 bits per heavy atom. The molecule has 0 aromatic carbocycles. The van der Waals surface area contributed by atoms with Crippen LogP contribution in [-0.4, -0.2) is 69.1 Å². The van der Waals surface area contributed by atoms with Crippen molar-refractivity contribution in [2.75, 3.05) is 13.2 Å². The fourth-order valence-corrected chi connectivity index (χ4v) is 2.53. The number of ether oxygens (including phenoxy) is 1. The largest absolute Gasteiger partial charge is 0.463 e. The molecule has 0 heterocycles. The molecule has 32 heavy (non-hydrogen) atoms. The summed E-state index contributed by atoms with van der Waals surface area (Å²) < 4.78 is 4.81. The molecular weight excluding hydrogens is 412 g/mol. The molecule has 0 aliphatic rings. The molecule has 7 nitrogen and oxygen atoms in total. The maximum atomic E-state index is 11.4. The van der Waals surface area contributed by atoms with Crippen LogP contribution in [0.15, 0.2) is 60.8 Å². The van der Waals surface area contributed by atoms with Gasteiger partial charge in [0.2, 0.25) is 0 Å². The third kappa shape index (κ3) is 19.9. The highest BCUT2D eigenvalue weighted by atomic mass is 16.5. The van der Waals surface area contributed by atoms with Gasteiger partial charge < -0.3 is 30.3 Å². The van der Waals surface area contributed by atoms with Crippen LogP contribution in [0.4, 0.5) is 0 Å². The van der Waals surface area contributed by atoms with Gasteiger partial charge >= 0.3 is 5.97 Å². The molecule has 0 aliphatic heterocycles. The number of carbonyl (C=O) groups excluding carboxylic acids is 1. The van der Waals surface area contributed by atoms with Gasteiger partial charge in [-0.15, -0.1) is 0 Å². The van der Waals surface area contributed by atoms with Gasteiger partial charge in [-0.3, -0.25) is 4.79 Å². The van der Waals surface area contributed by atoms with E-state index in [1.54, 1.807) is 48.6 Å². The zero-order chi connectivity index (χ0) is 24.0. The Bertz CT molecular complexity index is 607. The molecule has 0 fully saturated rings. The van der Waals surface area contributed by atoms with Crippen LogP contribution in [0.3, 0.4) is 0 Å². The molecule has 7 heteroatoms. The topological polar surface area (TPSA) is 127 Å². The second-order valence-corrected chi connectivity index (χ2v) is 7.43. The second kappa shape index (κ2) is 20.8. The number of hydrogen-bond donors (Lipinski definition) is 5. The first-order chi connectivity index (χ1) is 15.4. The third-order valence-electron chi connectivity index (χ3n) is 4.33. The van der Waals surface area contributed by atoms with Gasteiger partial charge in [0.25, 0.3) is 0 Å². The van der Waals surface area contributed by atoms with Crippen LogP contribution in [0.5, 0.6) is 0 Å². The molecule has 0 rings (SSSR count). The molecule has 0 radical (unpaired) electrons. The summed E-state index contributed by atoms with van der Waals surface area (Å²) in [5.41, 5.74) is 0. The molecule has 0 bridgehead atoms. The number of aliphatic hydroxyl groups excluding tert-OH is 5. The minimum atomic E-state index is -1.04. The first-order valence-corrected chi connectivity index (χ1v) is 11.2. The number of esters is 1. The minimum Gasteiger partial charge on any atom is -0.463 e. The lowest BCUT2D eigenvalue weighted by Gasteiger charge is -2.08. The molecular formula is C25H40O7. The summed E-state index contributed by atoms with van der Waals surface area (Å²) in [7, 11) is 0. The first kappa shape index (κ1) is 30.0. The number of allylic oxidation sites excluding steroid dienone is 7. The average molecular weight is 453 g/mol. The highest BCUT2D eigenvalue weighted by Gasteiger charge is 2.08. The molecule has 0 aromatic rings. The Labute approximate surface area is 191 Å². The Hall–Kier alpha value is -2.03. The highest BCUT2D eigenvalue weighted by Crippen LogP contribution is 2.08. The molecule has 0 aromatic heterocycles. The standard InChI is InChI=1S/C25H40O7/c1-2-3-4-8-15-22(28)18-23(29)16-10-6-5-9-13-21(27)14-11-7-12-17-25(31)32-20-24(30)19-26/h3-6,8-10,13,15-16,21-24,26-30H,2,7,11-12,14,17-20H2,1H3/b4-3-,6-5-,13-9+,15-8+,16-10-. The monoisotopic (exact) mass is 452 g/mol. The summed E-state index contributed by atoms with van der Waals surface area (Å²) >= 11 is 0. The lowest BCUT2D eigenvalue weighted by Crippen LogP contribution is -2.21. The smallest absolute Gasteiger partial charge is 0.305 e. The second-order valence-electron chi connectivity index (χ2n) is 7.43. The van der Waals surface area contributed by atoms with E-state index in [-0.39, 0.29) is 19.4 Å². The fourth-order valence-electron chi connectivity index (χ4n) is 2.53. The summed E-state index contributed by atoms with van der Waals surface area (Å²) in [6, 6.07) is 0. The summed E-state index contributed by atoms with van der Waals surface area (Å²) in [6.07, 6.45) is 18.5. The average Bonchev–Trinajstić information content (AvgIpc) is 2.77. The summed E-state index contributed by atoms with van der Waals surface area (Å²) in [4.78, 5) is 11.4. The van der Waals surface area contributed by atoms with Crippen molar-refractivity contribution in [3.8, 4) is 0 Å². The number of hydrogen-bond acceptors (Lipinski definition) is 7. The van der Waals surface area contributed by atoms with E-state index in [0.717, 1.165) is 19.3 Å². The van der Waals surface area contributed by atoms with E-state index < -0.39 is 37.0 Å². The van der Waals surface area contributed by atoms with Gasteiger partial charge in [0.1, 0.15) is 12.7 Å². The van der Waals surface area contributed by atoms with Gasteiger partial charge in [-0.2, -0.15) is 0 Å². The van der Waals surface area contributed by atoms with E-state index in [9.17, 15) is 20.1 Å². The molecule has 0 aliphatic carbocycles. The predicted molar refractivity (Wildman–Crippen MR) is 126 cm³/mol. The Balaban J connectivity index is 3.90. The first-order valence-electron chi connectivity index (χ1n) is 11.2. The van der Waals surface area contributed by atoms with Crippen molar-refractivity contribution in [2.24, 2.45) is 0 Å². The summed E-state index contributed by atoms with van der Waals surface area (Å²) in [5.74, 6) is -0.406. The Kier molecular flexibility index (Phi) is 19.5. The predicted octanol–water partition coefficient (Wildman–Crippen LogP) is 2.50. The lowest BCUT2D eigenvalue weighted by atomic mass is 10.1. The van der Waals surface area contributed by atoms with E-state index in [4.69, 9.17) is 14.9 Å². The van der Waals surface area contributed by atoms with Crippen LogP contribution in [0, 0.1) is 0 Å². The molecule has 0 spiro atoms. The molecule has 4 unspecified atom stereocenters.